The fourth-order valence-corrected chi connectivity index (χ4v) is 2.43. The molecule has 10 heteroatoms. The molecule has 0 spiro atoms. The van der Waals surface area contributed by atoms with Crippen LogP contribution in [0.2, 0.25) is 0 Å². The lowest BCUT2D eigenvalue weighted by Gasteiger charge is -2.19. The number of likely N-dealkylation sites (N-methyl/N-ethyl adjacent to an activating group) is 1. The quantitative estimate of drug-likeness (QED) is 0.590. The second-order valence-corrected chi connectivity index (χ2v) is 5.60. The maximum absolute atomic E-state index is 12.6. The maximum atomic E-state index is 12.6. The number of aliphatic hydroxyl groups is 1. The molecule has 0 aliphatic rings. The van der Waals surface area contributed by atoms with Gasteiger partial charge in [0.05, 0.1) is 17.1 Å². The van der Waals surface area contributed by atoms with Crippen LogP contribution >= 0.6 is 0 Å². The molecule has 27 heavy (non-hydrogen) atoms. The number of carbonyl (C=O) groups is 1. The molecule has 0 aromatic heterocycles. The fraction of sp³-hybridized carbons (Fsp3) is 0.235. The summed E-state index contributed by atoms with van der Waals surface area (Å²) in [6.07, 6.45) is -4.51. The minimum Gasteiger partial charge on any atom is -0.395 e. The number of alkyl halides is 3. The number of benzene rings is 2. The predicted molar refractivity (Wildman–Crippen MR) is 92.8 cm³/mol. The summed E-state index contributed by atoms with van der Waals surface area (Å²) in [5.41, 5.74) is -1.38. The van der Waals surface area contributed by atoms with Crippen molar-refractivity contribution in [3.63, 3.8) is 0 Å². The molecule has 0 radical (unpaired) electrons. The van der Waals surface area contributed by atoms with E-state index < -0.39 is 28.3 Å². The van der Waals surface area contributed by atoms with Gasteiger partial charge >= 0.3 is 11.9 Å². The molecule has 0 aliphatic carbocycles. The highest BCUT2D eigenvalue weighted by molar-refractivity contribution is 6.08. The van der Waals surface area contributed by atoms with Gasteiger partial charge in [0.2, 0.25) is 0 Å². The molecule has 0 saturated carbocycles. The number of nitrogens with zero attached hydrogens (tertiary/aromatic N) is 2. The minimum atomic E-state index is -4.51. The summed E-state index contributed by atoms with van der Waals surface area (Å²) >= 11 is 0. The Kier molecular flexibility index (Phi) is 6.01. The number of anilines is 2. The van der Waals surface area contributed by atoms with Crippen LogP contribution in [0.4, 0.5) is 30.2 Å². The highest BCUT2D eigenvalue weighted by Gasteiger charge is 2.30. The van der Waals surface area contributed by atoms with Crippen LogP contribution < -0.4 is 10.2 Å². The average molecular weight is 383 g/mol. The third-order valence-corrected chi connectivity index (χ3v) is 3.76. The average Bonchev–Trinajstić information content (AvgIpc) is 2.60. The van der Waals surface area contributed by atoms with Crippen LogP contribution in [0, 0.1) is 10.1 Å². The third-order valence-electron chi connectivity index (χ3n) is 3.76. The van der Waals surface area contributed by atoms with Crippen molar-refractivity contribution < 1.29 is 28.0 Å². The number of rotatable bonds is 6. The van der Waals surface area contributed by atoms with Crippen molar-refractivity contribution >= 4 is 23.0 Å². The Balaban J connectivity index is 2.33. The van der Waals surface area contributed by atoms with Gasteiger partial charge in [0, 0.05) is 19.3 Å². The molecule has 7 nitrogen and oxygen atoms in total. The van der Waals surface area contributed by atoms with E-state index >= 15 is 0 Å². The first kappa shape index (κ1) is 20.2. The maximum Gasteiger partial charge on any atom is 0.416 e. The van der Waals surface area contributed by atoms with Gasteiger partial charge in [0.15, 0.2) is 0 Å². The van der Waals surface area contributed by atoms with Gasteiger partial charge in [-0.2, -0.15) is 13.2 Å². The number of nitro groups is 1. The summed E-state index contributed by atoms with van der Waals surface area (Å²) in [6, 6.07) is 7.85. The minimum absolute atomic E-state index is 0.0661. The summed E-state index contributed by atoms with van der Waals surface area (Å²) < 4.78 is 37.8. The molecule has 0 saturated heterocycles. The first-order valence-electron chi connectivity index (χ1n) is 7.73. The Morgan fingerprint density at radius 3 is 2.37 bits per heavy atom. The largest absolute Gasteiger partial charge is 0.416 e. The van der Waals surface area contributed by atoms with Crippen LogP contribution in [-0.2, 0) is 6.18 Å². The summed E-state index contributed by atoms with van der Waals surface area (Å²) in [7, 11) is 1.52. The van der Waals surface area contributed by atoms with Crippen molar-refractivity contribution in [1.29, 1.82) is 0 Å². The monoisotopic (exact) mass is 383 g/mol. The van der Waals surface area contributed by atoms with Crippen molar-refractivity contribution in [1.82, 2.24) is 0 Å². The highest BCUT2D eigenvalue weighted by atomic mass is 19.4. The van der Waals surface area contributed by atoms with Crippen molar-refractivity contribution in [3.05, 3.63) is 63.7 Å². The van der Waals surface area contributed by atoms with E-state index in [0.29, 0.717) is 0 Å². The van der Waals surface area contributed by atoms with Gasteiger partial charge in [0.25, 0.3) is 5.91 Å². The van der Waals surface area contributed by atoms with E-state index in [1.165, 1.54) is 30.1 Å². The summed E-state index contributed by atoms with van der Waals surface area (Å²) in [4.78, 5) is 24.6. The summed E-state index contributed by atoms with van der Waals surface area (Å²) in [5.74, 6) is -0.833. The number of hydrogen-bond donors (Lipinski definition) is 2. The molecule has 144 valence electrons. The van der Waals surface area contributed by atoms with E-state index in [4.69, 9.17) is 5.11 Å². The zero-order chi connectivity index (χ0) is 20.2. The van der Waals surface area contributed by atoms with Crippen molar-refractivity contribution in [2.45, 2.75) is 6.18 Å². The van der Waals surface area contributed by atoms with E-state index in [9.17, 15) is 28.1 Å². The third kappa shape index (κ3) is 4.73. The zero-order valence-electron chi connectivity index (χ0n) is 14.2. The number of nitrogens with one attached hydrogen (secondary N) is 1. The summed E-state index contributed by atoms with van der Waals surface area (Å²) in [6.45, 7) is -0.125. The molecule has 2 rings (SSSR count). The van der Waals surface area contributed by atoms with E-state index in [0.717, 1.165) is 24.3 Å². The van der Waals surface area contributed by atoms with Gasteiger partial charge in [-0.25, -0.2) is 0 Å². The molecule has 0 aliphatic heterocycles. The molecular formula is C17H16F3N3O4. The zero-order valence-corrected chi connectivity index (χ0v) is 14.2. The lowest BCUT2D eigenvalue weighted by atomic mass is 10.1. The summed E-state index contributed by atoms with van der Waals surface area (Å²) in [5, 5.41) is 22.8. The number of halogens is 3. The van der Waals surface area contributed by atoms with Crippen LogP contribution in [0.15, 0.2) is 42.5 Å². The van der Waals surface area contributed by atoms with Gasteiger partial charge in [-0.15, -0.1) is 0 Å². The topological polar surface area (TPSA) is 95.7 Å². The smallest absolute Gasteiger partial charge is 0.395 e. The van der Waals surface area contributed by atoms with Crippen LogP contribution in [0.3, 0.4) is 0 Å². The molecule has 0 atom stereocenters. The Morgan fingerprint density at radius 2 is 1.85 bits per heavy atom. The molecule has 2 aromatic carbocycles. The predicted octanol–water partition coefficient (Wildman–Crippen LogP) is 3.29. The Labute approximate surface area is 152 Å². The van der Waals surface area contributed by atoms with Crippen molar-refractivity contribution in [2.75, 3.05) is 30.4 Å². The lowest BCUT2D eigenvalue weighted by Crippen LogP contribution is -2.23. The Morgan fingerprint density at radius 1 is 1.22 bits per heavy atom. The highest BCUT2D eigenvalue weighted by Crippen LogP contribution is 2.32. The van der Waals surface area contributed by atoms with E-state index in [-0.39, 0.29) is 30.1 Å². The van der Waals surface area contributed by atoms with Gasteiger partial charge in [-0.1, -0.05) is 6.07 Å². The van der Waals surface area contributed by atoms with Crippen LogP contribution in [0.5, 0.6) is 0 Å². The van der Waals surface area contributed by atoms with Crippen molar-refractivity contribution in [3.8, 4) is 0 Å². The number of para-hydroxylation sites is 1. The van der Waals surface area contributed by atoms with Crippen LogP contribution in [0.25, 0.3) is 0 Å². The van der Waals surface area contributed by atoms with Gasteiger partial charge in [-0.3, -0.25) is 14.9 Å². The SMILES string of the molecule is CN(CCO)c1cccc(C(=O)Nc2ccc(C(F)(F)F)cc2)c1[N+](=O)[O-]. The van der Waals surface area contributed by atoms with Gasteiger partial charge < -0.3 is 15.3 Å². The lowest BCUT2D eigenvalue weighted by molar-refractivity contribution is -0.384. The Bertz CT molecular complexity index is 838. The Hall–Kier alpha value is -3.14. The first-order chi connectivity index (χ1) is 12.6. The second kappa shape index (κ2) is 8.04. The molecule has 0 unspecified atom stereocenters. The van der Waals surface area contributed by atoms with Gasteiger partial charge in [-0.05, 0) is 36.4 Å². The number of carbonyl (C=O) groups excluding carboxylic acids is 1. The molecule has 2 aromatic rings. The van der Waals surface area contributed by atoms with Crippen molar-refractivity contribution in [2.24, 2.45) is 0 Å². The molecule has 1 amide bonds. The van der Waals surface area contributed by atoms with E-state index in [2.05, 4.69) is 5.32 Å². The number of amides is 1. The first-order valence-corrected chi connectivity index (χ1v) is 7.73. The molecular weight excluding hydrogens is 367 g/mol. The molecule has 0 heterocycles. The van der Waals surface area contributed by atoms with Crippen LogP contribution in [0.1, 0.15) is 15.9 Å². The van der Waals surface area contributed by atoms with E-state index in [1.807, 2.05) is 0 Å². The van der Waals surface area contributed by atoms with Gasteiger partial charge in [0.1, 0.15) is 11.3 Å². The number of hydrogen-bond acceptors (Lipinski definition) is 5. The fourth-order valence-electron chi connectivity index (χ4n) is 2.43. The molecule has 0 bridgehead atoms. The standard InChI is InChI=1S/C17H16F3N3O4/c1-22(9-10-24)14-4-2-3-13(15(14)23(26)27)16(25)21-12-7-5-11(6-8-12)17(18,19)20/h2-8,24H,9-10H2,1H3,(H,21,25). The molecule has 2 N–H and O–H groups in total. The number of aliphatic hydroxyl groups excluding tert-OH is 1. The normalized spacial score (nSPS) is 11.1. The second-order valence-electron chi connectivity index (χ2n) is 5.60. The number of nitro benzene ring substituents is 1. The van der Waals surface area contributed by atoms with E-state index in [1.54, 1.807) is 0 Å². The molecule has 0 fully saturated rings. The van der Waals surface area contributed by atoms with Crippen LogP contribution in [-0.4, -0.2) is 36.1 Å².